The number of anilines is 1. The first-order valence-corrected chi connectivity index (χ1v) is 5.50. The number of hydrogen-bond donors (Lipinski definition) is 1. The van der Waals surface area contributed by atoms with E-state index in [1.807, 2.05) is 18.2 Å². The zero-order valence-electron chi connectivity index (χ0n) is 8.18. The fourth-order valence-corrected chi connectivity index (χ4v) is 1.65. The highest BCUT2D eigenvalue weighted by Gasteiger charge is 1.99. The molecule has 0 aliphatic heterocycles. The summed E-state index contributed by atoms with van der Waals surface area (Å²) in [5, 5.41) is 12.0. The number of nitrogens with zero attached hydrogens (tertiary/aromatic N) is 1. The van der Waals surface area contributed by atoms with Crippen LogP contribution < -0.4 is 5.32 Å². The highest BCUT2D eigenvalue weighted by Crippen LogP contribution is 2.23. The summed E-state index contributed by atoms with van der Waals surface area (Å²) in [5.41, 5.74) is 1.73. The molecule has 1 aromatic rings. The van der Waals surface area contributed by atoms with Crippen molar-refractivity contribution in [2.24, 2.45) is 0 Å². The summed E-state index contributed by atoms with van der Waals surface area (Å²) in [6.45, 7) is 3.14. The Morgan fingerprint density at radius 3 is 2.86 bits per heavy atom. The first-order chi connectivity index (χ1) is 6.77. The number of rotatable bonds is 4. The number of nitrogens with one attached hydrogen (secondary N) is 1. The highest BCUT2D eigenvalue weighted by molar-refractivity contribution is 9.10. The van der Waals surface area contributed by atoms with Crippen molar-refractivity contribution in [2.75, 3.05) is 11.9 Å². The van der Waals surface area contributed by atoms with Gasteiger partial charge in [-0.15, -0.1) is 0 Å². The molecule has 2 nitrogen and oxygen atoms in total. The fraction of sp³-hybridized carbons (Fsp3) is 0.364. The van der Waals surface area contributed by atoms with Gasteiger partial charge >= 0.3 is 0 Å². The van der Waals surface area contributed by atoms with Crippen LogP contribution in [0.5, 0.6) is 0 Å². The molecule has 0 unspecified atom stereocenters. The normalized spacial score (nSPS) is 9.50. The predicted octanol–water partition coefficient (Wildman–Crippen LogP) is 3.53. The van der Waals surface area contributed by atoms with Crippen molar-refractivity contribution in [3.05, 3.63) is 28.2 Å². The van der Waals surface area contributed by atoms with E-state index >= 15 is 0 Å². The lowest BCUT2D eigenvalue weighted by atomic mass is 10.2. The van der Waals surface area contributed by atoms with E-state index in [-0.39, 0.29) is 0 Å². The molecule has 14 heavy (non-hydrogen) atoms. The maximum atomic E-state index is 8.68. The van der Waals surface area contributed by atoms with Crippen molar-refractivity contribution in [3.63, 3.8) is 0 Å². The molecule has 1 rings (SSSR count). The average Bonchev–Trinajstić information content (AvgIpc) is 2.20. The third-order valence-corrected chi connectivity index (χ3v) is 2.60. The van der Waals surface area contributed by atoms with E-state index in [0.717, 1.165) is 23.1 Å². The van der Waals surface area contributed by atoms with Gasteiger partial charge in [0.1, 0.15) is 0 Å². The number of benzene rings is 1. The summed E-state index contributed by atoms with van der Waals surface area (Å²) in [7, 11) is 0. The largest absolute Gasteiger partial charge is 0.384 e. The molecule has 3 heteroatoms. The molecule has 0 bridgehead atoms. The zero-order chi connectivity index (χ0) is 10.4. The van der Waals surface area contributed by atoms with Crippen molar-refractivity contribution in [3.8, 4) is 6.07 Å². The molecule has 0 aliphatic rings. The maximum Gasteiger partial charge on any atom is 0.0992 e. The molecule has 0 spiro atoms. The Bertz CT molecular complexity index is 342. The molecule has 0 amide bonds. The summed E-state index contributed by atoms with van der Waals surface area (Å²) in [6.07, 6.45) is 2.34. The predicted molar refractivity (Wildman–Crippen MR) is 62.3 cm³/mol. The van der Waals surface area contributed by atoms with E-state index in [2.05, 4.69) is 34.2 Å². The van der Waals surface area contributed by atoms with Crippen LogP contribution in [-0.2, 0) is 0 Å². The molecule has 0 aromatic heterocycles. The van der Waals surface area contributed by atoms with Crippen LogP contribution in [-0.4, -0.2) is 6.54 Å². The van der Waals surface area contributed by atoms with Gasteiger partial charge in [0, 0.05) is 16.7 Å². The minimum Gasteiger partial charge on any atom is -0.384 e. The molecule has 0 heterocycles. The lowest BCUT2D eigenvalue weighted by Gasteiger charge is -2.07. The van der Waals surface area contributed by atoms with Crippen molar-refractivity contribution in [1.29, 1.82) is 5.26 Å². The Kier molecular flexibility index (Phi) is 4.48. The first-order valence-electron chi connectivity index (χ1n) is 4.71. The second-order valence-electron chi connectivity index (χ2n) is 3.09. The summed E-state index contributed by atoms with van der Waals surface area (Å²) >= 11 is 3.43. The van der Waals surface area contributed by atoms with Crippen LogP contribution in [0.2, 0.25) is 0 Å². The van der Waals surface area contributed by atoms with E-state index in [1.54, 1.807) is 0 Å². The summed E-state index contributed by atoms with van der Waals surface area (Å²) in [6, 6.07) is 7.68. The topological polar surface area (TPSA) is 35.8 Å². The Hall–Kier alpha value is -1.01. The monoisotopic (exact) mass is 252 g/mol. The van der Waals surface area contributed by atoms with E-state index in [0.29, 0.717) is 5.56 Å². The van der Waals surface area contributed by atoms with Gasteiger partial charge in [-0.2, -0.15) is 5.26 Å². The second kappa shape index (κ2) is 5.66. The molecule has 0 radical (unpaired) electrons. The molecule has 0 saturated heterocycles. The van der Waals surface area contributed by atoms with Gasteiger partial charge in [-0.25, -0.2) is 0 Å². The Balaban J connectivity index is 2.65. The molecular weight excluding hydrogens is 240 g/mol. The van der Waals surface area contributed by atoms with Gasteiger partial charge in [0.05, 0.1) is 11.6 Å². The highest BCUT2D eigenvalue weighted by atomic mass is 79.9. The lowest BCUT2D eigenvalue weighted by molar-refractivity contribution is 0.834. The third-order valence-electron chi connectivity index (χ3n) is 1.94. The Morgan fingerprint density at radius 2 is 2.29 bits per heavy atom. The lowest BCUT2D eigenvalue weighted by Crippen LogP contribution is -2.01. The Labute approximate surface area is 93.1 Å². The molecule has 1 N–H and O–H groups in total. The van der Waals surface area contributed by atoms with E-state index in [1.165, 1.54) is 6.42 Å². The zero-order valence-corrected chi connectivity index (χ0v) is 9.76. The average molecular weight is 253 g/mol. The SMILES string of the molecule is CCCCNc1ccc(C#N)cc1Br. The van der Waals surface area contributed by atoms with Gasteiger partial charge < -0.3 is 5.32 Å². The number of halogens is 1. The molecule has 1 aromatic carbocycles. The van der Waals surface area contributed by atoms with E-state index in [9.17, 15) is 0 Å². The summed E-state index contributed by atoms with van der Waals surface area (Å²) in [4.78, 5) is 0. The summed E-state index contributed by atoms with van der Waals surface area (Å²) in [5.74, 6) is 0. The molecular formula is C11H13BrN2. The maximum absolute atomic E-state index is 8.68. The molecule has 0 aliphatic carbocycles. The smallest absolute Gasteiger partial charge is 0.0992 e. The first kappa shape index (κ1) is 11.1. The summed E-state index contributed by atoms with van der Waals surface area (Å²) < 4.78 is 0.952. The van der Waals surface area contributed by atoms with Crippen LogP contribution in [0.15, 0.2) is 22.7 Å². The Morgan fingerprint density at radius 1 is 1.50 bits per heavy atom. The van der Waals surface area contributed by atoms with Crippen LogP contribution >= 0.6 is 15.9 Å². The van der Waals surface area contributed by atoms with Gasteiger partial charge in [0.2, 0.25) is 0 Å². The molecule has 0 atom stereocenters. The van der Waals surface area contributed by atoms with Crippen LogP contribution in [0.25, 0.3) is 0 Å². The van der Waals surface area contributed by atoms with Gasteiger partial charge in [-0.1, -0.05) is 13.3 Å². The standard InChI is InChI=1S/C11H13BrN2/c1-2-3-6-14-11-5-4-9(8-13)7-10(11)12/h4-5,7,14H,2-3,6H2,1H3. The van der Waals surface area contributed by atoms with Gasteiger partial charge in [-0.05, 0) is 40.5 Å². The van der Waals surface area contributed by atoms with Gasteiger partial charge in [0.25, 0.3) is 0 Å². The molecule has 74 valence electrons. The van der Waals surface area contributed by atoms with Crippen molar-refractivity contribution in [1.82, 2.24) is 0 Å². The quantitative estimate of drug-likeness (QED) is 0.833. The van der Waals surface area contributed by atoms with Gasteiger partial charge in [0.15, 0.2) is 0 Å². The second-order valence-corrected chi connectivity index (χ2v) is 3.94. The third kappa shape index (κ3) is 3.04. The van der Waals surface area contributed by atoms with Crippen LogP contribution in [0.4, 0.5) is 5.69 Å². The van der Waals surface area contributed by atoms with Crippen molar-refractivity contribution < 1.29 is 0 Å². The van der Waals surface area contributed by atoms with Crippen LogP contribution in [0.3, 0.4) is 0 Å². The van der Waals surface area contributed by atoms with E-state index < -0.39 is 0 Å². The van der Waals surface area contributed by atoms with Crippen LogP contribution in [0, 0.1) is 11.3 Å². The van der Waals surface area contributed by atoms with Crippen molar-refractivity contribution >= 4 is 21.6 Å². The molecule has 0 saturated carbocycles. The fourth-order valence-electron chi connectivity index (χ4n) is 1.13. The van der Waals surface area contributed by atoms with Crippen LogP contribution in [0.1, 0.15) is 25.3 Å². The number of nitriles is 1. The van der Waals surface area contributed by atoms with E-state index in [4.69, 9.17) is 5.26 Å². The van der Waals surface area contributed by atoms with Gasteiger partial charge in [-0.3, -0.25) is 0 Å². The number of unbranched alkanes of at least 4 members (excludes halogenated alkanes) is 1. The minimum atomic E-state index is 0.679. The molecule has 0 fully saturated rings. The number of hydrogen-bond acceptors (Lipinski definition) is 2. The minimum absolute atomic E-state index is 0.679. The van der Waals surface area contributed by atoms with Crippen molar-refractivity contribution in [2.45, 2.75) is 19.8 Å².